The molecule has 0 aromatic heterocycles. The van der Waals surface area contributed by atoms with E-state index in [-0.39, 0.29) is 37.1 Å². The SMILES string of the molecule is CCN1CCOc2ccccc2C(=O)N[C@H](C(=O)NC(C)C)CC(=O)N[C@H](Cc2ccccc2)C1=O. The Labute approximate surface area is 211 Å². The Morgan fingerprint density at radius 3 is 2.44 bits per heavy atom. The molecule has 0 radical (unpaired) electrons. The number of amides is 4. The van der Waals surface area contributed by atoms with Crippen LogP contribution in [0.4, 0.5) is 0 Å². The second kappa shape index (κ2) is 12.7. The van der Waals surface area contributed by atoms with Gasteiger partial charge in [0.2, 0.25) is 17.7 Å². The molecule has 1 aliphatic heterocycles. The maximum atomic E-state index is 13.5. The van der Waals surface area contributed by atoms with Crippen LogP contribution < -0.4 is 20.7 Å². The number of nitrogens with one attached hydrogen (secondary N) is 3. The maximum absolute atomic E-state index is 13.5. The molecule has 192 valence electrons. The predicted molar refractivity (Wildman–Crippen MR) is 135 cm³/mol. The Hall–Kier alpha value is -3.88. The van der Waals surface area contributed by atoms with E-state index in [0.29, 0.717) is 18.7 Å². The number of ether oxygens (including phenoxy) is 1. The smallest absolute Gasteiger partial charge is 0.255 e. The van der Waals surface area contributed by atoms with Crippen LogP contribution in [-0.4, -0.2) is 66.4 Å². The van der Waals surface area contributed by atoms with Crippen LogP contribution in [0.2, 0.25) is 0 Å². The molecule has 9 nitrogen and oxygen atoms in total. The number of hydrogen-bond acceptors (Lipinski definition) is 5. The Morgan fingerprint density at radius 1 is 1.06 bits per heavy atom. The molecule has 36 heavy (non-hydrogen) atoms. The molecule has 3 rings (SSSR count). The Balaban J connectivity index is 1.94. The van der Waals surface area contributed by atoms with Crippen LogP contribution in [0.3, 0.4) is 0 Å². The van der Waals surface area contributed by atoms with Gasteiger partial charge in [-0.3, -0.25) is 19.2 Å². The maximum Gasteiger partial charge on any atom is 0.255 e. The van der Waals surface area contributed by atoms with Crippen molar-refractivity contribution in [3.8, 4) is 5.75 Å². The minimum Gasteiger partial charge on any atom is -0.491 e. The lowest BCUT2D eigenvalue weighted by Crippen LogP contribution is -2.54. The quantitative estimate of drug-likeness (QED) is 0.585. The molecule has 1 heterocycles. The van der Waals surface area contributed by atoms with Crippen molar-refractivity contribution < 1.29 is 23.9 Å². The van der Waals surface area contributed by atoms with Gasteiger partial charge in [0.05, 0.1) is 18.5 Å². The van der Waals surface area contributed by atoms with Gasteiger partial charge in [-0.05, 0) is 38.5 Å². The molecule has 2 aromatic carbocycles. The number of fused-ring (bicyclic) bond motifs is 1. The zero-order valence-electron chi connectivity index (χ0n) is 21.0. The van der Waals surface area contributed by atoms with Crippen LogP contribution >= 0.6 is 0 Å². The van der Waals surface area contributed by atoms with E-state index in [2.05, 4.69) is 16.0 Å². The number of para-hydroxylation sites is 1. The van der Waals surface area contributed by atoms with Gasteiger partial charge in [-0.15, -0.1) is 0 Å². The van der Waals surface area contributed by atoms with E-state index in [1.54, 1.807) is 43.0 Å². The third-order valence-corrected chi connectivity index (χ3v) is 5.80. The van der Waals surface area contributed by atoms with Crippen molar-refractivity contribution in [3.05, 3.63) is 65.7 Å². The summed E-state index contributed by atoms with van der Waals surface area (Å²) in [5.41, 5.74) is 1.13. The Bertz CT molecular complexity index is 1070. The summed E-state index contributed by atoms with van der Waals surface area (Å²) in [5.74, 6) is -1.42. The monoisotopic (exact) mass is 494 g/mol. The van der Waals surface area contributed by atoms with E-state index < -0.39 is 29.8 Å². The van der Waals surface area contributed by atoms with Crippen molar-refractivity contribution >= 4 is 23.6 Å². The lowest BCUT2D eigenvalue weighted by Gasteiger charge is -2.28. The van der Waals surface area contributed by atoms with Crippen LogP contribution in [0.5, 0.6) is 5.75 Å². The van der Waals surface area contributed by atoms with Gasteiger partial charge in [-0.2, -0.15) is 0 Å². The van der Waals surface area contributed by atoms with Gasteiger partial charge in [0.25, 0.3) is 5.91 Å². The van der Waals surface area contributed by atoms with Crippen LogP contribution in [-0.2, 0) is 20.8 Å². The van der Waals surface area contributed by atoms with Crippen molar-refractivity contribution in [3.63, 3.8) is 0 Å². The fraction of sp³-hybridized carbons (Fsp3) is 0.407. The van der Waals surface area contributed by atoms with Crippen molar-refractivity contribution in [2.75, 3.05) is 19.7 Å². The molecular weight excluding hydrogens is 460 g/mol. The van der Waals surface area contributed by atoms with E-state index in [9.17, 15) is 19.2 Å². The highest BCUT2D eigenvalue weighted by Crippen LogP contribution is 2.19. The van der Waals surface area contributed by atoms with Crippen molar-refractivity contribution in [1.29, 1.82) is 0 Å². The fourth-order valence-electron chi connectivity index (χ4n) is 4.01. The number of carbonyl (C=O) groups excluding carboxylic acids is 4. The number of nitrogens with zero attached hydrogens (tertiary/aromatic N) is 1. The van der Waals surface area contributed by atoms with E-state index in [1.807, 2.05) is 37.3 Å². The fourth-order valence-corrected chi connectivity index (χ4v) is 4.01. The second-order valence-corrected chi connectivity index (χ2v) is 8.97. The van der Waals surface area contributed by atoms with Gasteiger partial charge in [0, 0.05) is 19.0 Å². The van der Waals surface area contributed by atoms with Gasteiger partial charge in [0.15, 0.2) is 0 Å². The number of rotatable bonds is 5. The van der Waals surface area contributed by atoms with E-state index in [1.165, 1.54) is 0 Å². The third kappa shape index (κ3) is 7.31. The molecule has 2 aromatic rings. The normalized spacial score (nSPS) is 19.4. The van der Waals surface area contributed by atoms with Crippen molar-refractivity contribution in [2.45, 2.75) is 51.7 Å². The minimum atomic E-state index is -1.13. The van der Waals surface area contributed by atoms with Crippen LogP contribution in [0, 0.1) is 0 Å². The average Bonchev–Trinajstić information content (AvgIpc) is 2.85. The summed E-state index contributed by atoms with van der Waals surface area (Å²) in [6, 6.07) is 13.9. The van der Waals surface area contributed by atoms with E-state index in [4.69, 9.17) is 4.74 Å². The molecule has 0 unspecified atom stereocenters. The summed E-state index contributed by atoms with van der Waals surface area (Å²) in [5, 5.41) is 8.22. The van der Waals surface area contributed by atoms with Crippen molar-refractivity contribution in [2.24, 2.45) is 0 Å². The topological polar surface area (TPSA) is 117 Å². The third-order valence-electron chi connectivity index (χ3n) is 5.80. The number of likely N-dealkylation sites (N-methyl/N-ethyl adjacent to an activating group) is 1. The molecule has 1 aliphatic rings. The second-order valence-electron chi connectivity index (χ2n) is 8.97. The van der Waals surface area contributed by atoms with Gasteiger partial charge in [-0.25, -0.2) is 0 Å². The predicted octanol–water partition coefficient (Wildman–Crippen LogP) is 1.67. The highest BCUT2D eigenvalue weighted by molar-refractivity contribution is 6.01. The first-order valence-electron chi connectivity index (χ1n) is 12.2. The summed E-state index contributed by atoms with van der Waals surface area (Å²) in [4.78, 5) is 54.2. The average molecular weight is 495 g/mol. The first kappa shape index (κ1) is 26.7. The molecule has 0 saturated heterocycles. The number of benzene rings is 2. The summed E-state index contributed by atoms with van der Waals surface area (Å²) >= 11 is 0. The first-order chi connectivity index (χ1) is 17.3. The summed E-state index contributed by atoms with van der Waals surface area (Å²) in [6.45, 7) is 6.31. The van der Waals surface area contributed by atoms with Crippen LogP contribution in [0.25, 0.3) is 0 Å². The molecule has 2 atom stereocenters. The molecular formula is C27H34N4O5. The highest BCUT2D eigenvalue weighted by Gasteiger charge is 2.30. The zero-order valence-corrected chi connectivity index (χ0v) is 21.0. The van der Waals surface area contributed by atoms with E-state index >= 15 is 0 Å². The summed E-state index contributed by atoms with van der Waals surface area (Å²) in [6.07, 6.45) is -0.0289. The summed E-state index contributed by atoms with van der Waals surface area (Å²) < 4.78 is 5.88. The van der Waals surface area contributed by atoms with Gasteiger partial charge < -0.3 is 25.6 Å². The molecule has 9 heteroatoms. The zero-order chi connectivity index (χ0) is 26.1. The largest absolute Gasteiger partial charge is 0.491 e. The van der Waals surface area contributed by atoms with Crippen molar-refractivity contribution in [1.82, 2.24) is 20.9 Å². The minimum absolute atomic E-state index is 0.160. The first-order valence-corrected chi connectivity index (χ1v) is 12.2. The van der Waals surface area contributed by atoms with Gasteiger partial charge >= 0.3 is 0 Å². The molecule has 4 amide bonds. The number of carbonyl (C=O) groups is 4. The van der Waals surface area contributed by atoms with Gasteiger partial charge in [0.1, 0.15) is 24.4 Å². The number of hydrogen-bond donors (Lipinski definition) is 3. The standard InChI is InChI=1S/C27H34N4O5/c1-4-31-14-15-36-23-13-9-8-12-20(23)25(33)30-21(26(34)28-18(2)3)17-24(32)29-22(27(31)35)16-19-10-6-5-7-11-19/h5-13,18,21-22H,4,14-17H2,1-3H3,(H,28,34)(H,29,32)(H,30,33)/t21-,22+/m0/s1. The summed E-state index contributed by atoms with van der Waals surface area (Å²) in [7, 11) is 0. The van der Waals surface area contributed by atoms with Gasteiger partial charge in [-0.1, -0.05) is 42.5 Å². The molecule has 0 bridgehead atoms. The lowest BCUT2D eigenvalue weighted by molar-refractivity contribution is -0.137. The Kier molecular flexibility index (Phi) is 9.44. The van der Waals surface area contributed by atoms with E-state index in [0.717, 1.165) is 5.56 Å². The molecule has 0 aliphatic carbocycles. The highest BCUT2D eigenvalue weighted by atomic mass is 16.5. The lowest BCUT2D eigenvalue weighted by atomic mass is 10.0. The Morgan fingerprint density at radius 2 is 1.75 bits per heavy atom. The molecule has 0 saturated carbocycles. The molecule has 3 N–H and O–H groups in total. The molecule has 0 fully saturated rings. The van der Waals surface area contributed by atoms with Crippen LogP contribution in [0.1, 0.15) is 43.1 Å². The van der Waals surface area contributed by atoms with Crippen LogP contribution in [0.15, 0.2) is 54.6 Å². The molecule has 0 spiro atoms.